The first-order valence-corrected chi connectivity index (χ1v) is 4.98. The van der Waals surface area contributed by atoms with Crippen LogP contribution in [0.1, 0.15) is 0 Å². The van der Waals surface area contributed by atoms with E-state index < -0.39 is 0 Å². The minimum absolute atomic E-state index is 0. The van der Waals surface area contributed by atoms with Gasteiger partial charge in [0.1, 0.15) is 0 Å². The second-order valence-electron chi connectivity index (χ2n) is 4.03. The molecule has 1 heterocycles. The fourth-order valence-corrected chi connectivity index (χ4v) is 1.98. The first-order valence-electron chi connectivity index (χ1n) is 4.98. The number of rotatable bonds is 4. The lowest BCUT2D eigenvalue weighted by Gasteiger charge is -2.42. The maximum atomic E-state index is 3.84. The first-order chi connectivity index (χ1) is 6.22. The van der Waals surface area contributed by atoms with Crippen LogP contribution in [0.4, 0.5) is 0 Å². The Hall–Kier alpha value is -0.120. The SMILES string of the molecule is C=CC[N+]1(CC=C)CCN(C)CC1.[Br-]. The normalized spacial score (nSPS) is 20.9. The number of hydrogen-bond acceptors (Lipinski definition) is 1. The van der Waals surface area contributed by atoms with Gasteiger partial charge in [0, 0.05) is 13.1 Å². The highest BCUT2D eigenvalue weighted by Gasteiger charge is 2.28. The van der Waals surface area contributed by atoms with E-state index in [-0.39, 0.29) is 17.0 Å². The molecule has 0 amide bonds. The van der Waals surface area contributed by atoms with Crippen LogP contribution >= 0.6 is 0 Å². The summed E-state index contributed by atoms with van der Waals surface area (Å²) < 4.78 is 1.15. The standard InChI is InChI=1S/C11H21N2.BrH/c1-4-8-13(9-5-2)10-6-12(3)7-11-13;/h4-5H,1-2,6-11H2,3H3;1H/q+1;/p-1. The van der Waals surface area contributed by atoms with Crippen molar-refractivity contribution in [3.05, 3.63) is 25.3 Å². The lowest BCUT2D eigenvalue weighted by molar-refractivity contribution is -0.921. The van der Waals surface area contributed by atoms with Gasteiger partial charge in [-0.2, -0.15) is 0 Å². The van der Waals surface area contributed by atoms with Crippen molar-refractivity contribution < 1.29 is 21.5 Å². The largest absolute Gasteiger partial charge is 1.00 e. The highest BCUT2D eigenvalue weighted by Crippen LogP contribution is 2.12. The van der Waals surface area contributed by atoms with Crippen LogP contribution in [-0.2, 0) is 0 Å². The molecule has 0 N–H and O–H groups in total. The molecule has 0 aliphatic carbocycles. The van der Waals surface area contributed by atoms with Crippen LogP contribution in [0.5, 0.6) is 0 Å². The summed E-state index contributed by atoms with van der Waals surface area (Å²) in [6.07, 6.45) is 4.07. The molecular formula is C11H21BrN2. The molecular weight excluding hydrogens is 240 g/mol. The van der Waals surface area contributed by atoms with Crippen LogP contribution in [-0.4, -0.2) is 55.7 Å². The Kier molecular flexibility index (Phi) is 6.33. The average molecular weight is 261 g/mol. The van der Waals surface area contributed by atoms with Gasteiger partial charge in [0.05, 0.1) is 26.2 Å². The lowest BCUT2D eigenvalue weighted by Crippen LogP contribution is -3.00. The van der Waals surface area contributed by atoms with E-state index in [1.807, 2.05) is 12.2 Å². The van der Waals surface area contributed by atoms with Crippen LogP contribution in [0.25, 0.3) is 0 Å². The van der Waals surface area contributed by atoms with E-state index in [1.54, 1.807) is 0 Å². The van der Waals surface area contributed by atoms with Crippen LogP contribution < -0.4 is 17.0 Å². The predicted octanol–water partition coefficient (Wildman–Crippen LogP) is -1.88. The van der Waals surface area contributed by atoms with Gasteiger partial charge < -0.3 is 21.5 Å². The summed E-state index contributed by atoms with van der Waals surface area (Å²) in [6.45, 7) is 14.7. The number of hydrogen-bond donors (Lipinski definition) is 0. The average Bonchev–Trinajstić information content (AvgIpc) is 2.11. The van der Waals surface area contributed by atoms with Gasteiger partial charge in [-0.3, -0.25) is 4.90 Å². The topological polar surface area (TPSA) is 3.24 Å². The molecule has 0 aromatic carbocycles. The summed E-state index contributed by atoms with van der Waals surface area (Å²) in [5.74, 6) is 0. The molecule has 1 rings (SSSR count). The molecule has 3 heteroatoms. The van der Waals surface area contributed by atoms with Crippen molar-refractivity contribution in [2.24, 2.45) is 0 Å². The molecule has 0 saturated carbocycles. The highest BCUT2D eigenvalue weighted by atomic mass is 79.9. The summed E-state index contributed by atoms with van der Waals surface area (Å²) in [4.78, 5) is 2.39. The number of piperazine rings is 1. The van der Waals surface area contributed by atoms with Crippen molar-refractivity contribution in [3.63, 3.8) is 0 Å². The van der Waals surface area contributed by atoms with Crippen molar-refractivity contribution >= 4 is 0 Å². The van der Waals surface area contributed by atoms with E-state index in [2.05, 4.69) is 25.1 Å². The summed E-state index contributed by atoms with van der Waals surface area (Å²) in [7, 11) is 2.19. The Morgan fingerprint density at radius 1 is 1.14 bits per heavy atom. The van der Waals surface area contributed by atoms with Gasteiger partial charge in [-0.15, -0.1) is 0 Å². The number of likely N-dealkylation sites (N-methyl/N-ethyl adjacent to an activating group) is 1. The number of nitrogens with zero attached hydrogens (tertiary/aromatic N) is 2. The smallest absolute Gasteiger partial charge is 0.0974 e. The van der Waals surface area contributed by atoms with Crippen LogP contribution in [0.3, 0.4) is 0 Å². The fraction of sp³-hybridized carbons (Fsp3) is 0.636. The van der Waals surface area contributed by atoms with Gasteiger partial charge in [-0.05, 0) is 19.2 Å². The fourth-order valence-electron chi connectivity index (χ4n) is 1.98. The summed E-state index contributed by atoms with van der Waals surface area (Å²) in [6, 6.07) is 0. The molecule has 0 bridgehead atoms. The van der Waals surface area contributed by atoms with E-state index in [1.165, 1.54) is 26.2 Å². The molecule has 1 aliphatic heterocycles. The number of halogens is 1. The third kappa shape index (κ3) is 3.56. The Labute approximate surface area is 98.2 Å². The zero-order chi connectivity index (χ0) is 9.73. The molecule has 2 nitrogen and oxygen atoms in total. The Bertz CT molecular complexity index is 172. The van der Waals surface area contributed by atoms with Gasteiger partial charge in [-0.25, -0.2) is 0 Å². The second kappa shape index (κ2) is 6.38. The Balaban J connectivity index is 0.00000169. The second-order valence-corrected chi connectivity index (χ2v) is 4.03. The van der Waals surface area contributed by atoms with E-state index in [9.17, 15) is 0 Å². The lowest BCUT2D eigenvalue weighted by atomic mass is 10.2. The minimum Gasteiger partial charge on any atom is -1.00 e. The highest BCUT2D eigenvalue weighted by molar-refractivity contribution is 4.74. The minimum atomic E-state index is 0. The van der Waals surface area contributed by atoms with E-state index in [0.29, 0.717) is 0 Å². The quantitative estimate of drug-likeness (QED) is 0.423. The molecule has 0 spiro atoms. The van der Waals surface area contributed by atoms with Gasteiger partial charge >= 0.3 is 0 Å². The predicted molar refractivity (Wildman–Crippen MR) is 57.6 cm³/mol. The molecule has 0 radical (unpaired) electrons. The summed E-state index contributed by atoms with van der Waals surface area (Å²) >= 11 is 0. The maximum absolute atomic E-state index is 3.84. The summed E-state index contributed by atoms with van der Waals surface area (Å²) in [5.41, 5.74) is 0. The van der Waals surface area contributed by atoms with Gasteiger partial charge in [0.15, 0.2) is 0 Å². The summed E-state index contributed by atoms with van der Waals surface area (Å²) in [5, 5.41) is 0. The Morgan fingerprint density at radius 3 is 1.93 bits per heavy atom. The van der Waals surface area contributed by atoms with Crippen LogP contribution in [0, 0.1) is 0 Å². The van der Waals surface area contributed by atoms with Gasteiger partial charge in [-0.1, -0.05) is 13.2 Å². The van der Waals surface area contributed by atoms with Crippen molar-refractivity contribution in [2.75, 3.05) is 46.3 Å². The molecule has 0 atom stereocenters. The van der Waals surface area contributed by atoms with Crippen LogP contribution in [0.15, 0.2) is 25.3 Å². The molecule has 1 aliphatic rings. The zero-order valence-electron chi connectivity index (χ0n) is 9.08. The first kappa shape index (κ1) is 13.9. The molecule has 14 heavy (non-hydrogen) atoms. The van der Waals surface area contributed by atoms with Gasteiger partial charge in [0.25, 0.3) is 0 Å². The van der Waals surface area contributed by atoms with E-state index in [4.69, 9.17) is 0 Å². The van der Waals surface area contributed by atoms with Gasteiger partial charge in [0.2, 0.25) is 0 Å². The van der Waals surface area contributed by atoms with E-state index in [0.717, 1.165) is 17.6 Å². The maximum Gasteiger partial charge on any atom is 0.0974 e. The molecule has 0 aromatic heterocycles. The van der Waals surface area contributed by atoms with Crippen molar-refractivity contribution in [1.82, 2.24) is 4.90 Å². The van der Waals surface area contributed by atoms with Crippen molar-refractivity contribution in [1.29, 1.82) is 0 Å². The van der Waals surface area contributed by atoms with Crippen molar-refractivity contribution in [2.45, 2.75) is 0 Å². The Morgan fingerprint density at radius 2 is 1.57 bits per heavy atom. The molecule has 82 valence electrons. The zero-order valence-corrected chi connectivity index (χ0v) is 10.7. The van der Waals surface area contributed by atoms with Crippen LogP contribution in [0.2, 0.25) is 0 Å². The monoisotopic (exact) mass is 260 g/mol. The molecule has 0 aromatic rings. The number of quaternary nitrogens is 1. The molecule has 1 saturated heterocycles. The third-order valence-electron chi connectivity index (χ3n) is 2.94. The van der Waals surface area contributed by atoms with Crippen molar-refractivity contribution in [3.8, 4) is 0 Å². The van der Waals surface area contributed by atoms with E-state index >= 15 is 0 Å². The molecule has 1 fully saturated rings. The molecule has 0 unspecified atom stereocenters. The third-order valence-corrected chi connectivity index (χ3v) is 2.94.